The number of halogens is 1. The predicted molar refractivity (Wildman–Crippen MR) is 126 cm³/mol. The molecule has 2 aliphatic rings. The minimum atomic E-state index is -1.20. The Morgan fingerprint density at radius 3 is 2.73 bits per heavy atom. The van der Waals surface area contributed by atoms with Crippen LogP contribution in [0.4, 0.5) is 5.69 Å². The summed E-state index contributed by atoms with van der Waals surface area (Å²) < 4.78 is 7.09. The van der Waals surface area contributed by atoms with Gasteiger partial charge >= 0.3 is 0 Å². The quantitative estimate of drug-likeness (QED) is 0.588. The maximum Gasteiger partial charge on any atom is 0.277 e. The highest BCUT2D eigenvalue weighted by Crippen LogP contribution is 2.39. The smallest absolute Gasteiger partial charge is 0.277 e. The van der Waals surface area contributed by atoms with Crippen LogP contribution in [0, 0.1) is 6.92 Å². The molecule has 2 aromatic heterocycles. The predicted octanol–water partition coefficient (Wildman–Crippen LogP) is 4.97. The van der Waals surface area contributed by atoms with E-state index in [2.05, 4.69) is 10.4 Å². The number of hydrogen-bond donors (Lipinski definition) is 1. The van der Waals surface area contributed by atoms with E-state index in [9.17, 15) is 9.59 Å². The van der Waals surface area contributed by atoms with Gasteiger partial charge in [0.15, 0.2) is 5.76 Å². The Bertz CT molecular complexity index is 1200. The second-order valence-corrected chi connectivity index (χ2v) is 9.56. The second-order valence-electron chi connectivity index (χ2n) is 9.18. The molecule has 1 aliphatic heterocycles. The zero-order valence-electron chi connectivity index (χ0n) is 18.8. The number of rotatable bonds is 4. The first-order valence-corrected chi connectivity index (χ1v) is 11.8. The standard InChI is InChI=1S/C25H27ClN4O3/c1-16-8-6-11-19(22(16)26)30-23(31)20-14-18(21-12-7-13-33-21)28-29(20)15-25(30,2)24(32)27-17-9-4-3-5-10-17/h6-8,11-14,17H,3-5,9-10,15H2,1-2H3,(H,27,32). The molecule has 33 heavy (non-hydrogen) atoms. The van der Waals surface area contributed by atoms with Crippen LogP contribution in [0.15, 0.2) is 47.1 Å². The van der Waals surface area contributed by atoms with Crippen molar-refractivity contribution in [2.75, 3.05) is 4.90 Å². The highest BCUT2D eigenvalue weighted by atomic mass is 35.5. The van der Waals surface area contributed by atoms with E-state index < -0.39 is 5.54 Å². The van der Waals surface area contributed by atoms with Gasteiger partial charge in [-0.15, -0.1) is 0 Å². The third kappa shape index (κ3) is 3.74. The van der Waals surface area contributed by atoms with Crippen molar-refractivity contribution in [3.63, 3.8) is 0 Å². The molecule has 172 valence electrons. The van der Waals surface area contributed by atoms with Crippen molar-refractivity contribution in [3.8, 4) is 11.5 Å². The molecule has 2 amide bonds. The lowest BCUT2D eigenvalue weighted by Crippen LogP contribution is -2.65. The van der Waals surface area contributed by atoms with Crippen LogP contribution in [-0.2, 0) is 11.3 Å². The fourth-order valence-corrected chi connectivity index (χ4v) is 5.11. The molecule has 5 rings (SSSR count). The first kappa shape index (κ1) is 21.8. The van der Waals surface area contributed by atoms with Gasteiger partial charge in [-0.3, -0.25) is 19.2 Å². The number of furan rings is 1. The maximum atomic E-state index is 13.9. The number of benzene rings is 1. The highest BCUT2D eigenvalue weighted by Gasteiger charge is 2.50. The van der Waals surface area contributed by atoms with Crippen molar-refractivity contribution in [1.82, 2.24) is 15.1 Å². The SMILES string of the molecule is Cc1cccc(N2C(=O)c3cc(-c4ccco4)nn3CC2(C)C(=O)NC2CCCCC2)c1Cl. The van der Waals surface area contributed by atoms with Crippen LogP contribution in [0.2, 0.25) is 5.02 Å². The molecule has 3 heterocycles. The summed E-state index contributed by atoms with van der Waals surface area (Å²) >= 11 is 6.67. The van der Waals surface area contributed by atoms with Gasteiger partial charge in [0.2, 0.25) is 5.91 Å². The summed E-state index contributed by atoms with van der Waals surface area (Å²) in [5.74, 6) is 0.0552. The van der Waals surface area contributed by atoms with Gasteiger partial charge in [0.05, 0.1) is 23.5 Å². The number of nitrogens with one attached hydrogen (secondary N) is 1. The van der Waals surface area contributed by atoms with E-state index in [1.54, 1.807) is 47.0 Å². The Morgan fingerprint density at radius 2 is 2.00 bits per heavy atom. The lowest BCUT2D eigenvalue weighted by atomic mass is 9.91. The molecule has 1 saturated carbocycles. The van der Waals surface area contributed by atoms with Gasteiger partial charge in [0.1, 0.15) is 16.9 Å². The summed E-state index contributed by atoms with van der Waals surface area (Å²) in [6.45, 7) is 3.88. The fourth-order valence-electron chi connectivity index (χ4n) is 4.90. The van der Waals surface area contributed by atoms with E-state index in [0.29, 0.717) is 27.9 Å². The van der Waals surface area contributed by atoms with Gasteiger partial charge in [-0.1, -0.05) is 43.0 Å². The van der Waals surface area contributed by atoms with Crippen LogP contribution in [0.25, 0.3) is 11.5 Å². The Morgan fingerprint density at radius 1 is 1.21 bits per heavy atom. The van der Waals surface area contributed by atoms with Crippen LogP contribution in [-0.4, -0.2) is 33.2 Å². The molecule has 0 saturated heterocycles. The van der Waals surface area contributed by atoms with E-state index in [-0.39, 0.29) is 24.4 Å². The van der Waals surface area contributed by atoms with Gasteiger partial charge < -0.3 is 9.73 Å². The summed E-state index contributed by atoms with van der Waals surface area (Å²) in [6.07, 6.45) is 6.87. The molecule has 7 nitrogen and oxygen atoms in total. The lowest BCUT2D eigenvalue weighted by molar-refractivity contribution is -0.127. The molecular weight excluding hydrogens is 440 g/mol. The molecule has 0 radical (unpaired) electrons. The first-order chi connectivity index (χ1) is 15.9. The Kier molecular flexibility index (Phi) is 5.52. The van der Waals surface area contributed by atoms with E-state index >= 15 is 0 Å². The van der Waals surface area contributed by atoms with Crippen LogP contribution in [0.3, 0.4) is 0 Å². The van der Waals surface area contributed by atoms with Crippen molar-refractivity contribution >= 4 is 29.1 Å². The summed E-state index contributed by atoms with van der Waals surface area (Å²) in [4.78, 5) is 29.2. The summed E-state index contributed by atoms with van der Waals surface area (Å²) in [5, 5.41) is 8.27. The van der Waals surface area contributed by atoms with E-state index in [0.717, 1.165) is 31.2 Å². The number of amides is 2. The second kappa shape index (κ2) is 8.37. The van der Waals surface area contributed by atoms with Crippen LogP contribution < -0.4 is 10.2 Å². The van der Waals surface area contributed by atoms with Crippen molar-refractivity contribution in [2.24, 2.45) is 0 Å². The number of fused-ring (bicyclic) bond motifs is 1. The topological polar surface area (TPSA) is 80.4 Å². The highest BCUT2D eigenvalue weighted by molar-refractivity contribution is 6.35. The molecule has 0 spiro atoms. The van der Waals surface area contributed by atoms with Gasteiger partial charge in [-0.05, 0) is 50.5 Å². The fraction of sp³-hybridized carbons (Fsp3) is 0.400. The molecule has 1 fully saturated rings. The Labute approximate surface area is 197 Å². The van der Waals surface area contributed by atoms with Crippen molar-refractivity contribution in [3.05, 3.63) is 58.9 Å². The first-order valence-electron chi connectivity index (χ1n) is 11.4. The number of aryl methyl sites for hydroxylation is 1. The number of hydrogen-bond acceptors (Lipinski definition) is 4. The largest absolute Gasteiger partial charge is 0.463 e. The number of carbonyl (C=O) groups excluding carboxylic acids is 2. The molecule has 8 heteroatoms. The summed E-state index contributed by atoms with van der Waals surface area (Å²) in [6, 6.07) is 10.9. The minimum absolute atomic E-state index is 0.116. The van der Waals surface area contributed by atoms with Crippen LogP contribution in [0.5, 0.6) is 0 Å². The molecular formula is C25H27ClN4O3. The lowest BCUT2D eigenvalue weighted by Gasteiger charge is -2.44. The van der Waals surface area contributed by atoms with Crippen molar-refractivity contribution in [1.29, 1.82) is 0 Å². The van der Waals surface area contributed by atoms with Crippen LogP contribution >= 0.6 is 11.6 Å². The molecule has 1 unspecified atom stereocenters. The maximum absolute atomic E-state index is 13.9. The molecule has 1 aromatic carbocycles. The Hall–Kier alpha value is -3.06. The Balaban J connectivity index is 1.59. The minimum Gasteiger partial charge on any atom is -0.463 e. The zero-order chi connectivity index (χ0) is 23.2. The summed E-state index contributed by atoms with van der Waals surface area (Å²) in [7, 11) is 0. The van der Waals surface area contributed by atoms with Gasteiger partial charge in [-0.25, -0.2) is 0 Å². The molecule has 3 aromatic rings. The molecule has 1 atom stereocenters. The zero-order valence-corrected chi connectivity index (χ0v) is 19.6. The normalized spacial score (nSPS) is 21.2. The number of aromatic nitrogens is 2. The monoisotopic (exact) mass is 466 g/mol. The summed E-state index contributed by atoms with van der Waals surface area (Å²) in [5.41, 5.74) is 1.10. The average Bonchev–Trinajstić information content (AvgIpc) is 3.47. The van der Waals surface area contributed by atoms with Crippen molar-refractivity contribution < 1.29 is 14.0 Å². The average molecular weight is 467 g/mol. The number of anilines is 1. The molecule has 1 N–H and O–H groups in total. The number of carbonyl (C=O) groups is 2. The van der Waals surface area contributed by atoms with Crippen molar-refractivity contribution in [2.45, 2.75) is 64.1 Å². The van der Waals surface area contributed by atoms with E-state index in [1.165, 1.54) is 6.42 Å². The molecule has 1 aliphatic carbocycles. The van der Waals surface area contributed by atoms with Crippen LogP contribution in [0.1, 0.15) is 55.1 Å². The third-order valence-corrected chi connectivity index (χ3v) is 7.26. The third-order valence-electron chi connectivity index (χ3n) is 6.77. The van der Waals surface area contributed by atoms with E-state index in [4.69, 9.17) is 16.0 Å². The van der Waals surface area contributed by atoms with Gasteiger partial charge in [0, 0.05) is 12.1 Å². The van der Waals surface area contributed by atoms with E-state index in [1.807, 2.05) is 19.1 Å². The van der Waals surface area contributed by atoms with Gasteiger partial charge in [-0.2, -0.15) is 5.10 Å². The number of nitrogens with zero attached hydrogens (tertiary/aromatic N) is 3. The van der Waals surface area contributed by atoms with Gasteiger partial charge in [0.25, 0.3) is 5.91 Å². The molecule has 0 bridgehead atoms.